The predicted octanol–water partition coefficient (Wildman–Crippen LogP) is 5.04. The lowest BCUT2D eigenvalue weighted by atomic mass is 10.1. The number of sulfonamides is 1. The van der Waals surface area contributed by atoms with Crippen LogP contribution in [-0.4, -0.2) is 20.9 Å². The number of rotatable bonds is 7. The zero-order valence-electron chi connectivity index (χ0n) is 16.8. The average molecular weight is 443 g/mol. The lowest BCUT2D eigenvalue weighted by Gasteiger charge is -2.24. The standard InChI is InChI=1S/C23H23ClN2O3S/c1-3-18-9-12-20(13-10-18)26(30(28,29)21-7-5-4-6-8-21)16-23(27)25-22-14-11-19(24)15-17(22)2/h4-15H,3,16H2,1-2H3,(H,25,27). The Balaban J connectivity index is 1.93. The number of carbonyl (C=O) groups is 1. The van der Waals surface area contributed by atoms with Crippen LogP contribution in [0.15, 0.2) is 77.7 Å². The number of halogens is 1. The van der Waals surface area contributed by atoms with Crippen LogP contribution < -0.4 is 9.62 Å². The van der Waals surface area contributed by atoms with E-state index in [2.05, 4.69) is 5.32 Å². The van der Waals surface area contributed by atoms with Crippen LogP contribution in [0.1, 0.15) is 18.1 Å². The van der Waals surface area contributed by atoms with E-state index in [1.165, 1.54) is 12.1 Å². The van der Waals surface area contributed by atoms with E-state index in [-0.39, 0.29) is 11.4 Å². The van der Waals surface area contributed by atoms with Gasteiger partial charge in [0.25, 0.3) is 10.0 Å². The monoisotopic (exact) mass is 442 g/mol. The van der Waals surface area contributed by atoms with E-state index in [1.54, 1.807) is 48.5 Å². The molecule has 3 aromatic rings. The van der Waals surface area contributed by atoms with E-state index < -0.39 is 15.9 Å². The second-order valence-electron chi connectivity index (χ2n) is 6.85. The molecule has 0 saturated carbocycles. The second kappa shape index (κ2) is 9.32. The number of aryl methyl sites for hydroxylation is 2. The maximum Gasteiger partial charge on any atom is 0.264 e. The molecule has 0 saturated heterocycles. The zero-order chi connectivity index (χ0) is 21.7. The van der Waals surface area contributed by atoms with E-state index in [4.69, 9.17) is 11.6 Å². The molecule has 0 aliphatic heterocycles. The Kier molecular flexibility index (Phi) is 6.80. The number of amides is 1. The van der Waals surface area contributed by atoms with Gasteiger partial charge in [-0.1, -0.05) is 48.9 Å². The van der Waals surface area contributed by atoms with Crippen molar-refractivity contribution in [2.24, 2.45) is 0 Å². The fourth-order valence-electron chi connectivity index (χ4n) is 3.02. The summed E-state index contributed by atoms with van der Waals surface area (Å²) in [5.41, 5.74) is 2.89. The van der Waals surface area contributed by atoms with Crippen molar-refractivity contribution in [2.75, 3.05) is 16.2 Å². The van der Waals surface area contributed by atoms with Crippen LogP contribution in [0.3, 0.4) is 0 Å². The summed E-state index contributed by atoms with van der Waals surface area (Å²) in [6.07, 6.45) is 0.835. The molecule has 30 heavy (non-hydrogen) atoms. The van der Waals surface area contributed by atoms with Crippen molar-refractivity contribution in [3.63, 3.8) is 0 Å². The normalized spacial score (nSPS) is 11.2. The van der Waals surface area contributed by atoms with E-state index in [0.717, 1.165) is 21.9 Å². The first-order chi connectivity index (χ1) is 14.3. The van der Waals surface area contributed by atoms with Gasteiger partial charge in [-0.25, -0.2) is 8.42 Å². The Hall–Kier alpha value is -2.83. The molecule has 0 aliphatic rings. The molecular weight excluding hydrogens is 420 g/mol. The highest BCUT2D eigenvalue weighted by molar-refractivity contribution is 7.92. The van der Waals surface area contributed by atoms with Crippen LogP contribution in [0, 0.1) is 6.92 Å². The van der Waals surface area contributed by atoms with Crippen molar-refractivity contribution in [1.82, 2.24) is 0 Å². The molecule has 0 spiro atoms. The van der Waals surface area contributed by atoms with E-state index >= 15 is 0 Å². The molecule has 1 N–H and O–H groups in total. The third-order valence-electron chi connectivity index (χ3n) is 4.71. The molecule has 7 heteroatoms. The maximum absolute atomic E-state index is 13.3. The third-order valence-corrected chi connectivity index (χ3v) is 6.74. The van der Waals surface area contributed by atoms with Gasteiger partial charge in [-0.15, -0.1) is 0 Å². The molecule has 5 nitrogen and oxygen atoms in total. The van der Waals surface area contributed by atoms with Gasteiger partial charge < -0.3 is 5.32 Å². The first-order valence-electron chi connectivity index (χ1n) is 9.54. The number of hydrogen-bond acceptors (Lipinski definition) is 3. The quantitative estimate of drug-likeness (QED) is 0.557. The molecule has 0 aromatic heterocycles. The first kappa shape index (κ1) is 21.9. The second-order valence-corrected chi connectivity index (χ2v) is 9.15. The number of benzene rings is 3. The highest BCUT2D eigenvalue weighted by Crippen LogP contribution is 2.25. The van der Waals surface area contributed by atoms with Crippen LogP contribution in [0.5, 0.6) is 0 Å². The molecule has 3 aromatic carbocycles. The van der Waals surface area contributed by atoms with Crippen molar-refractivity contribution in [3.8, 4) is 0 Å². The van der Waals surface area contributed by atoms with Gasteiger partial charge in [-0.3, -0.25) is 9.10 Å². The maximum atomic E-state index is 13.3. The van der Waals surface area contributed by atoms with Gasteiger partial charge in [-0.05, 0) is 66.9 Å². The van der Waals surface area contributed by atoms with Gasteiger partial charge in [0.2, 0.25) is 5.91 Å². The minimum absolute atomic E-state index is 0.125. The molecule has 0 bridgehead atoms. The van der Waals surface area contributed by atoms with E-state index in [9.17, 15) is 13.2 Å². The summed E-state index contributed by atoms with van der Waals surface area (Å²) in [6.45, 7) is 3.49. The summed E-state index contributed by atoms with van der Waals surface area (Å²) in [4.78, 5) is 12.9. The van der Waals surface area contributed by atoms with E-state index in [1.807, 2.05) is 26.0 Å². The van der Waals surface area contributed by atoms with Crippen LogP contribution in [-0.2, 0) is 21.2 Å². The summed E-state index contributed by atoms with van der Waals surface area (Å²) in [6, 6.07) is 20.4. The molecule has 0 aliphatic carbocycles. The molecular formula is C23H23ClN2O3S. The SMILES string of the molecule is CCc1ccc(N(CC(=O)Nc2ccc(Cl)cc2C)S(=O)(=O)c2ccccc2)cc1. The summed E-state index contributed by atoms with van der Waals surface area (Å²) >= 11 is 5.97. The average Bonchev–Trinajstić information content (AvgIpc) is 2.75. The minimum atomic E-state index is -3.93. The van der Waals surface area contributed by atoms with Gasteiger partial charge in [-0.2, -0.15) is 0 Å². The van der Waals surface area contributed by atoms with Gasteiger partial charge in [0, 0.05) is 10.7 Å². The first-order valence-corrected chi connectivity index (χ1v) is 11.4. The van der Waals surface area contributed by atoms with E-state index in [0.29, 0.717) is 16.4 Å². The van der Waals surface area contributed by atoms with Crippen molar-refractivity contribution < 1.29 is 13.2 Å². The summed E-state index contributed by atoms with van der Waals surface area (Å²) < 4.78 is 27.8. The number of nitrogens with zero attached hydrogens (tertiary/aromatic N) is 1. The van der Waals surface area contributed by atoms with Gasteiger partial charge in [0.05, 0.1) is 10.6 Å². The van der Waals surface area contributed by atoms with Gasteiger partial charge in [0.1, 0.15) is 6.54 Å². The molecule has 3 rings (SSSR count). The highest BCUT2D eigenvalue weighted by atomic mass is 35.5. The minimum Gasteiger partial charge on any atom is -0.324 e. The van der Waals surface area contributed by atoms with Crippen LogP contribution in [0.2, 0.25) is 5.02 Å². The summed E-state index contributed by atoms with van der Waals surface area (Å²) in [5.74, 6) is -0.445. The largest absolute Gasteiger partial charge is 0.324 e. The molecule has 156 valence electrons. The van der Waals surface area contributed by atoms with Crippen molar-refractivity contribution >= 4 is 38.9 Å². The topological polar surface area (TPSA) is 66.5 Å². The Morgan fingerprint density at radius 3 is 2.27 bits per heavy atom. The zero-order valence-corrected chi connectivity index (χ0v) is 18.4. The highest BCUT2D eigenvalue weighted by Gasteiger charge is 2.27. The smallest absolute Gasteiger partial charge is 0.264 e. The number of anilines is 2. The third kappa shape index (κ3) is 5.01. The Morgan fingerprint density at radius 2 is 1.67 bits per heavy atom. The van der Waals surface area contributed by atoms with Gasteiger partial charge in [0.15, 0.2) is 0 Å². The van der Waals surface area contributed by atoms with Crippen LogP contribution in [0.4, 0.5) is 11.4 Å². The summed E-state index contributed by atoms with van der Waals surface area (Å²) in [7, 11) is -3.93. The Labute approximate surface area is 182 Å². The lowest BCUT2D eigenvalue weighted by Crippen LogP contribution is -2.38. The molecule has 0 atom stereocenters. The lowest BCUT2D eigenvalue weighted by molar-refractivity contribution is -0.114. The molecule has 0 unspecified atom stereocenters. The van der Waals surface area contributed by atoms with Crippen molar-refractivity contribution in [1.29, 1.82) is 0 Å². The summed E-state index contributed by atoms with van der Waals surface area (Å²) in [5, 5.41) is 3.34. The van der Waals surface area contributed by atoms with Gasteiger partial charge >= 0.3 is 0 Å². The van der Waals surface area contributed by atoms with Crippen LogP contribution in [0.25, 0.3) is 0 Å². The fourth-order valence-corrected chi connectivity index (χ4v) is 4.69. The predicted molar refractivity (Wildman–Crippen MR) is 122 cm³/mol. The van der Waals surface area contributed by atoms with Crippen LogP contribution >= 0.6 is 11.6 Å². The number of carbonyl (C=O) groups excluding carboxylic acids is 1. The number of nitrogens with one attached hydrogen (secondary N) is 1. The molecule has 0 heterocycles. The van der Waals surface area contributed by atoms with Crippen molar-refractivity contribution in [2.45, 2.75) is 25.2 Å². The number of hydrogen-bond donors (Lipinski definition) is 1. The molecule has 1 amide bonds. The molecule has 0 fully saturated rings. The van der Waals surface area contributed by atoms with Crippen molar-refractivity contribution in [3.05, 3.63) is 88.9 Å². The Morgan fingerprint density at radius 1 is 1.00 bits per heavy atom. The fraction of sp³-hybridized carbons (Fsp3) is 0.174. The Bertz CT molecular complexity index is 1130. The molecule has 0 radical (unpaired) electrons.